The predicted molar refractivity (Wildman–Crippen MR) is 118 cm³/mol. The lowest BCUT2D eigenvalue weighted by atomic mass is 10.1. The first-order valence-corrected chi connectivity index (χ1v) is 10.8. The van der Waals surface area contributed by atoms with Crippen molar-refractivity contribution in [3.05, 3.63) is 83.3 Å². The summed E-state index contributed by atoms with van der Waals surface area (Å²) in [5.74, 6) is 0.406. The molecule has 4 nitrogen and oxygen atoms in total. The SMILES string of the molecule is O=C1CCCCc2ccc(-c3ccccc3)nc21.O=C1CCCCc2cccnc21. The molecule has 0 unspecified atom stereocenters. The maximum absolute atomic E-state index is 12.0. The molecule has 2 aromatic heterocycles. The van der Waals surface area contributed by atoms with E-state index in [0.29, 0.717) is 24.2 Å². The first-order valence-electron chi connectivity index (χ1n) is 10.8. The number of nitrogens with zero attached hydrogens (tertiary/aromatic N) is 2. The van der Waals surface area contributed by atoms with Crippen LogP contribution < -0.4 is 0 Å². The van der Waals surface area contributed by atoms with E-state index in [1.807, 2.05) is 48.5 Å². The van der Waals surface area contributed by atoms with Crippen LogP contribution in [0, 0.1) is 0 Å². The summed E-state index contributed by atoms with van der Waals surface area (Å²) < 4.78 is 0. The molecule has 4 heteroatoms. The highest BCUT2D eigenvalue weighted by Crippen LogP contribution is 2.23. The number of rotatable bonds is 1. The van der Waals surface area contributed by atoms with Crippen LogP contribution in [0.5, 0.6) is 0 Å². The largest absolute Gasteiger partial charge is 0.292 e. The Bertz CT molecular complexity index is 1040. The summed E-state index contributed by atoms with van der Waals surface area (Å²) in [4.78, 5) is 32.2. The highest BCUT2D eigenvalue weighted by Gasteiger charge is 2.18. The topological polar surface area (TPSA) is 59.9 Å². The van der Waals surface area contributed by atoms with Crippen LogP contribution in [0.4, 0.5) is 0 Å². The Balaban J connectivity index is 0.000000158. The molecule has 0 aliphatic heterocycles. The van der Waals surface area contributed by atoms with Crippen LogP contribution in [0.15, 0.2) is 60.8 Å². The van der Waals surface area contributed by atoms with E-state index in [-0.39, 0.29) is 11.6 Å². The third kappa shape index (κ3) is 4.70. The van der Waals surface area contributed by atoms with Gasteiger partial charge in [0.05, 0.1) is 5.69 Å². The van der Waals surface area contributed by atoms with Gasteiger partial charge in [0, 0.05) is 24.6 Å². The van der Waals surface area contributed by atoms with Gasteiger partial charge in [0.1, 0.15) is 11.4 Å². The molecule has 2 aliphatic rings. The van der Waals surface area contributed by atoms with E-state index < -0.39 is 0 Å². The Morgan fingerprint density at radius 3 is 1.97 bits per heavy atom. The van der Waals surface area contributed by atoms with Gasteiger partial charge in [-0.05, 0) is 61.8 Å². The molecule has 0 atom stereocenters. The summed E-state index contributed by atoms with van der Waals surface area (Å²) in [7, 11) is 0. The molecule has 2 heterocycles. The molecule has 0 saturated heterocycles. The molecule has 0 amide bonds. The van der Waals surface area contributed by atoms with Gasteiger partial charge < -0.3 is 0 Å². The predicted octanol–water partition coefficient (Wildman–Crippen LogP) is 5.65. The third-order valence-corrected chi connectivity index (χ3v) is 5.67. The standard InChI is InChI=1S/C16H15NO.C10H11NO/c18-15-9-5-4-8-13-10-11-14(17-16(13)15)12-6-2-1-3-7-12;12-9-6-2-1-4-8-5-3-7-11-10(8)9/h1-3,6-7,10-11H,4-5,8-9H2;3,5,7H,1-2,4,6H2. The van der Waals surface area contributed by atoms with Crippen molar-refractivity contribution in [3.8, 4) is 11.3 Å². The first-order chi connectivity index (χ1) is 14.7. The zero-order chi connectivity index (χ0) is 20.8. The van der Waals surface area contributed by atoms with Crippen molar-refractivity contribution in [2.24, 2.45) is 0 Å². The average molecular weight is 399 g/mol. The van der Waals surface area contributed by atoms with Gasteiger partial charge in [-0.1, -0.05) is 42.5 Å². The number of hydrogen-bond donors (Lipinski definition) is 0. The van der Waals surface area contributed by atoms with Gasteiger partial charge in [-0.2, -0.15) is 0 Å². The minimum Gasteiger partial charge on any atom is -0.292 e. The second kappa shape index (κ2) is 9.57. The van der Waals surface area contributed by atoms with Gasteiger partial charge in [-0.15, -0.1) is 0 Å². The minimum absolute atomic E-state index is 0.195. The molecule has 0 N–H and O–H groups in total. The van der Waals surface area contributed by atoms with Crippen molar-refractivity contribution in [1.82, 2.24) is 9.97 Å². The maximum Gasteiger partial charge on any atom is 0.181 e. The Hall–Kier alpha value is -3.14. The molecular formula is C26H26N2O2. The zero-order valence-electron chi connectivity index (χ0n) is 17.1. The molecule has 152 valence electrons. The number of aryl methyl sites for hydroxylation is 2. The van der Waals surface area contributed by atoms with Crippen LogP contribution in [0.2, 0.25) is 0 Å². The highest BCUT2D eigenvalue weighted by atomic mass is 16.1. The van der Waals surface area contributed by atoms with E-state index >= 15 is 0 Å². The Morgan fingerprint density at radius 1 is 0.600 bits per heavy atom. The highest BCUT2D eigenvalue weighted by molar-refractivity contribution is 5.96. The van der Waals surface area contributed by atoms with Crippen LogP contribution in [0.3, 0.4) is 0 Å². The monoisotopic (exact) mass is 398 g/mol. The van der Waals surface area contributed by atoms with Gasteiger partial charge in [-0.3, -0.25) is 14.6 Å². The fraction of sp³-hybridized carbons (Fsp3) is 0.308. The molecule has 5 rings (SSSR count). The van der Waals surface area contributed by atoms with Crippen LogP contribution in [-0.2, 0) is 12.8 Å². The van der Waals surface area contributed by atoms with E-state index in [0.717, 1.165) is 60.9 Å². The van der Waals surface area contributed by atoms with Gasteiger partial charge in [-0.25, -0.2) is 4.98 Å². The minimum atomic E-state index is 0.195. The van der Waals surface area contributed by atoms with Crippen molar-refractivity contribution < 1.29 is 9.59 Å². The number of benzene rings is 1. The number of pyridine rings is 2. The van der Waals surface area contributed by atoms with Crippen LogP contribution in [0.25, 0.3) is 11.3 Å². The number of carbonyl (C=O) groups is 2. The van der Waals surface area contributed by atoms with E-state index in [1.165, 1.54) is 0 Å². The number of Topliss-reactive ketones (excluding diaryl/α,β-unsaturated/α-hetero) is 2. The lowest BCUT2D eigenvalue weighted by Crippen LogP contribution is -2.04. The van der Waals surface area contributed by atoms with E-state index in [2.05, 4.69) is 16.0 Å². The molecule has 1 aromatic carbocycles. The third-order valence-electron chi connectivity index (χ3n) is 5.67. The van der Waals surface area contributed by atoms with Crippen LogP contribution in [-0.4, -0.2) is 21.5 Å². The van der Waals surface area contributed by atoms with Crippen molar-refractivity contribution in [1.29, 1.82) is 0 Å². The quantitative estimate of drug-likeness (QED) is 0.497. The summed E-state index contributed by atoms with van der Waals surface area (Å²) in [6.45, 7) is 0. The summed E-state index contributed by atoms with van der Waals surface area (Å²) in [6.07, 6.45) is 9.18. The lowest BCUT2D eigenvalue weighted by molar-refractivity contribution is 0.0969. The van der Waals surface area contributed by atoms with E-state index in [9.17, 15) is 9.59 Å². The number of ketones is 2. The van der Waals surface area contributed by atoms with Crippen molar-refractivity contribution in [2.75, 3.05) is 0 Å². The summed E-state index contributed by atoms with van der Waals surface area (Å²) in [5, 5.41) is 0. The average Bonchev–Trinajstić information content (AvgIpc) is 3.10. The van der Waals surface area contributed by atoms with Crippen molar-refractivity contribution in [2.45, 2.75) is 51.4 Å². The second-order valence-corrected chi connectivity index (χ2v) is 7.84. The first kappa shape index (κ1) is 20.1. The molecular weight excluding hydrogens is 372 g/mol. The van der Waals surface area contributed by atoms with Gasteiger partial charge >= 0.3 is 0 Å². The molecule has 0 bridgehead atoms. The van der Waals surface area contributed by atoms with Crippen LogP contribution in [0.1, 0.15) is 70.6 Å². The molecule has 30 heavy (non-hydrogen) atoms. The smallest absolute Gasteiger partial charge is 0.181 e. The number of aromatic nitrogens is 2. The second-order valence-electron chi connectivity index (χ2n) is 7.84. The maximum atomic E-state index is 12.0. The Labute approximate surface area is 177 Å². The number of fused-ring (bicyclic) bond motifs is 2. The normalized spacial score (nSPS) is 15.7. The number of carbonyl (C=O) groups excluding carboxylic acids is 2. The fourth-order valence-corrected chi connectivity index (χ4v) is 4.03. The fourth-order valence-electron chi connectivity index (χ4n) is 4.03. The molecule has 0 spiro atoms. The number of hydrogen-bond acceptors (Lipinski definition) is 4. The van der Waals surface area contributed by atoms with Crippen molar-refractivity contribution >= 4 is 11.6 Å². The molecule has 2 aliphatic carbocycles. The lowest BCUT2D eigenvalue weighted by Gasteiger charge is -2.07. The van der Waals surface area contributed by atoms with E-state index in [1.54, 1.807) is 6.20 Å². The summed E-state index contributed by atoms with van der Waals surface area (Å²) in [6, 6.07) is 18.0. The summed E-state index contributed by atoms with van der Waals surface area (Å²) >= 11 is 0. The molecule has 0 saturated carbocycles. The van der Waals surface area contributed by atoms with Gasteiger partial charge in [0.15, 0.2) is 11.6 Å². The van der Waals surface area contributed by atoms with E-state index in [4.69, 9.17) is 0 Å². The van der Waals surface area contributed by atoms with Crippen molar-refractivity contribution in [3.63, 3.8) is 0 Å². The molecule has 0 radical (unpaired) electrons. The Morgan fingerprint density at radius 2 is 1.23 bits per heavy atom. The van der Waals surface area contributed by atoms with Crippen LogP contribution >= 0.6 is 0 Å². The molecule has 3 aromatic rings. The van der Waals surface area contributed by atoms with Gasteiger partial charge in [0.25, 0.3) is 0 Å². The Kier molecular flexibility index (Phi) is 6.43. The zero-order valence-corrected chi connectivity index (χ0v) is 17.1. The summed E-state index contributed by atoms with van der Waals surface area (Å²) in [5.41, 5.74) is 5.59. The van der Waals surface area contributed by atoms with Gasteiger partial charge in [0.2, 0.25) is 0 Å². The molecule has 0 fully saturated rings.